The summed E-state index contributed by atoms with van der Waals surface area (Å²) in [4.78, 5) is 12.8. The molecule has 48 heavy (non-hydrogen) atoms. The van der Waals surface area contributed by atoms with E-state index in [0.717, 1.165) is 57.8 Å². The van der Waals surface area contributed by atoms with Crippen molar-refractivity contribution in [2.24, 2.45) is 0 Å². The molecule has 0 bridgehead atoms. The molecule has 0 aliphatic carbocycles. The van der Waals surface area contributed by atoms with Crippen molar-refractivity contribution in [3.05, 3.63) is 24.3 Å². The Morgan fingerprint density at radius 1 is 0.688 bits per heavy atom. The van der Waals surface area contributed by atoms with Crippen LogP contribution in [-0.4, -0.2) is 87.5 Å². The lowest BCUT2D eigenvalue weighted by Crippen LogP contribution is -2.60. The van der Waals surface area contributed by atoms with Crippen LogP contribution < -0.4 is 5.32 Å². The van der Waals surface area contributed by atoms with Gasteiger partial charge < -0.3 is 40.3 Å². The van der Waals surface area contributed by atoms with Crippen molar-refractivity contribution in [2.45, 2.75) is 204 Å². The first-order chi connectivity index (χ1) is 23.3. The smallest absolute Gasteiger partial charge is 0.220 e. The Kier molecular flexibility index (Phi) is 28.4. The summed E-state index contributed by atoms with van der Waals surface area (Å²) >= 11 is 0. The van der Waals surface area contributed by atoms with Gasteiger partial charge in [0, 0.05) is 6.42 Å². The van der Waals surface area contributed by atoms with Crippen molar-refractivity contribution in [3.8, 4) is 0 Å². The van der Waals surface area contributed by atoms with Gasteiger partial charge in [-0.25, -0.2) is 0 Å². The third kappa shape index (κ3) is 21.7. The van der Waals surface area contributed by atoms with E-state index in [1.165, 1.54) is 83.5 Å². The second kappa shape index (κ2) is 30.5. The highest BCUT2D eigenvalue weighted by molar-refractivity contribution is 5.76. The molecule has 7 atom stereocenters. The number of hydrogen-bond donors (Lipinski definition) is 6. The summed E-state index contributed by atoms with van der Waals surface area (Å²) in [7, 11) is 0. The van der Waals surface area contributed by atoms with Gasteiger partial charge in [-0.15, -0.1) is 0 Å². The molecular formula is C39H73NO8. The number of aliphatic hydroxyl groups excluding tert-OH is 5. The van der Waals surface area contributed by atoms with E-state index >= 15 is 0 Å². The minimum atomic E-state index is -1.56. The summed E-state index contributed by atoms with van der Waals surface area (Å²) in [6.45, 7) is 3.71. The van der Waals surface area contributed by atoms with Gasteiger partial charge in [0.15, 0.2) is 6.29 Å². The molecule has 6 N–H and O–H groups in total. The van der Waals surface area contributed by atoms with Crippen LogP contribution in [0.25, 0.3) is 0 Å². The lowest BCUT2D eigenvalue weighted by Gasteiger charge is -2.40. The largest absolute Gasteiger partial charge is 0.394 e. The molecule has 1 aliphatic rings. The average Bonchev–Trinajstić information content (AvgIpc) is 3.08. The number of hydrogen-bond acceptors (Lipinski definition) is 8. The number of amides is 1. The van der Waals surface area contributed by atoms with Gasteiger partial charge in [-0.1, -0.05) is 134 Å². The van der Waals surface area contributed by atoms with Crippen LogP contribution in [0, 0.1) is 0 Å². The van der Waals surface area contributed by atoms with Crippen molar-refractivity contribution in [3.63, 3.8) is 0 Å². The Bertz CT molecular complexity index is 807. The first-order valence-electron chi connectivity index (χ1n) is 19.6. The van der Waals surface area contributed by atoms with Crippen molar-refractivity contribution in [2.75, 3.05) is 13.2 Å². The average molecular weight is 684 g/mol. The molecule has 1 fully saturated rings. The molecule has 1 amide bonds. The third-order valence-electron chi connectivity index (χ3n) is 9.27. The fourth-order valence-corrected chi connectivity index (χ4v) is 6.03. The van der Waals surface area contributed by atoms with Crippen LogP contribution in [0.1, 0.15) is 162 Å². The monoisotopic (exact) mass is 684 g/mol. The zero-order valence-electron chi connectivity index (χ0n) is 30.5. The van der Waals surface area contributed by atoms with Crippen LogP contribution in [0.2, 0.25) is 0 Å². The number of ether oxygens (including phenoxy) is 2. The van der Waals surface area contributed by atoms with Crippen LogP contribution in [0.15, 0.2) is 24.3 Å². The molecule has 1 rings (SSSR count). The summed E-state index contributed by atoms with van der Waals surface area (Å²) in [5.74, 6) is -0.190. The lowest BCUT2D eigenvalue weighted by molar-refractivity contribution is -0.302. The van der Waals surface area contributed by atoms with Crippen LogP contribution >= 0.6 is 0 Å². The topological polar surface area (TPSA) is 149 Å². The number of allylic oxidation sites excluding steroid dienone is 3. The van der Waals surface area contributed by atoms with Gasteiger partial charge in [0.1, 0.15) is 24.4 Å². The van der Waals surface area contributed by atoms with Gasteiger partial charge in [-0.05, 0) is 44.9 Å². The zero-order chi connectivity index (χ0) is 35.2. The van der Waals surface area contributed by atoms with E-state index < -0.39 is 49.5 Å². The van der Waals surface area contributed by atoms with Gasteiger partial charge in [0.25, 0.3) is 0 Å². The maximum Gasteiger partial charge on any atom is 0.220 e. The number of aliphatic hydroxyl groups is 5. The highest BCUT2D eigenvalue weighted by atomic mass is 16.7. The Morgan fingerprint density at radius 3 is 1.69 bits per heavy atom. The van der Waals surface area contributed by atoms with E-state index in [0.29, 0.717) is 6.42 Å². The van der Waals surface area contributed by atoms with Crippen LogP contribution in [-0.2, 0) is 14.3 Å². The molecule has 0 aromatic rings. The number of unbranched alkanes of at least 4 members (excludes halogenated alkanes) is 19. The number of rotatable bonds is 31. The lowest BCUT2D eigenvalue weighted by atomic mass is 9.99. The van der Waals surface area contributed by atoms with Gasteiger partial charge in [0.2, 0.25) is 5.91 Å². The molecule has 1 heterocycles. The number of carbonyl (C=O) groups is 1. The molecule has 7 unspecified atom stereocenters. The maximum atomic E-state index is 12.8. The van der Waals surface area contributed by atoms with E-state index in [2.05, 4.69) is 31.3 Å². The van der Waals surface area contributed by atoms with E-state index in [1.807, 2.05) is 6.08 Å². The van der Waals surface area contributed by atoms with Crippen LogP contribution in [0.3, 0.4) is 0 Å². The SMILES string of the molecule is CCCCCCCCC/C=C\CCCCCCCC(=O)NC(COC1OC(CO)C(O)C(O)C1O)C(O)/C=C/CCCCCCCCC. The van der Waals surface area contributed by atoms with Gasteiger partial charge in [-0.3, -0.25) is 4.79 Å². The second-order valence-electron chi connectivity index (χ2n) is 13.7. The second-order valence-corrected chi connectivity index (χ2v) is 13.7. The fraction of sp³-hybridized carbons (Fsp3) is 0.872. The van der Waals surface area contributed by atoms with E-state index in [4.69, 9.17) is 9.47 Å². The third-order valence-corrected chi connectivity index (χ3v) is 9.27. The zero-order valence-corrected chi connectivity index (χ0v) is 30.5. The maximum absolute atomic E-state index is 12.8. The molecule has 0 aromatic heterocycles. The summed E-state index contributed by atoms with van der Waals surface area (Å²) in [6.07, 6.45) is 26.5. The molecule has 0 saturated carbocycles. The van der Waals surface area contributed by atoms with E-state index in [1.54, 1.807) is 6.08 Å². The van der Waals surface area contributed by atoms with Gasteiger partial charge in [-0.2, -0.15) is 0 Å². The molecule has 0 spiro atoms. The fourth-order valence-electron chi connectivity index (χ4n) is 6.03. The molecule has 9 heteroatoms. The molecule has 9 nitrogen and oxygen atoms in total. The van der Waals surface area contributed by atoms with Crippen LogP contribution in [0.5, 0.6) is 0 Å². The predicted octanol–water partition coefficient (Wildman–Crippen LogP) is 6.77. The number of carbonyl (C=O) groups excluding carboxylic acids is 1. The van der Waals surface area contributed by atoms with Crippen molar-refractivity contribution in [1.29, 1.82) is 0 Å². The minimum absolute atomic E-state index is 0.190. The molecule has 0 radical (unpaired) electrons. The Morgan fingerprint density at radius 2 is 1.17 bits per heavy atom. The summed E-state index contributed by atoms with van der Waals surface area (Å²) in [5.41, 5.74) is 0. The molecule has 1 aliphatic heterocycles. The van der Waals surface area contributed by atoms with E-state index in [9.17, 15) is 30.3 Å². The molecular weight excluding hydrogens is 610 g/mol. The highest BCUT2D eigenvalue weighted by Crippen LogP contribution is 2.22. The molecule has 1 saturated heterocycles. The highest BCUT2D eigenvalue weighted by Gasteiger charge is 2.44. The Balaban J connectivity index is 2.41. The normalized spacial score (nSPS) is 22.9. The van der Waals surface area contributed by atoms with Crippen molar-refractivity contribution >= 4 is 5.91 Å². The first-order valence-corrected chi connectivity index (χ1v) is 19.6. The van der Waals surface area contributed by atoms with Gasteiger partial charge in [0.05, 0.1) is 25.4 Å². The standard InChI is InChI=1S/C39H73NO8/c1-3-5-7-9-11-13-14-15-16-17-18-19-21-23-25-27-29-35(43)40-32(33(42)28-26-24-22-20-12-10-8-6-4-2)31-47-39-38(46)37(45)36(44)34(30-41)48-39/h16-17,26,28,32-34,36-39,41-42,44-46H,3-15,18-25,27,29-31H2,1-2H3,(H,40,43)/b17-16-,28-26+. The van der Waals surface area contributed by atoms with Crippen molar-refractivity contribution < 1.29 is 39.8 Å². The van der Waals surface area contributed by atoms with Crippen molar-refractivity contribution in [1.82, 2.24) is 5.32 Å². The summed E-state index contributed by atoms with van der Waals surface area (Å²) < 4.78 is 11.1. The predicted molar refractivity (Wildman–Crippen MR) is 193 cm³/mol. The Hall–Kier alpha value is -1.33. The minimum Gasteiger partial charge on any atom is -0.394 e. The summed E-state index contributed by atoms with van der Waals surface area (Å²) in [5, 5.41) is 53.8. The molecule has 0 aromatic carbocycles. The summed E-state index contributed by atoms with van der Waals surface area (Å²) in [6, 6.07) is -0.803. The van der Waals surface area contributed by atoms with Crippen LogP contribution in [0.4, 0.5) is 0 Å². The van der Waals surface area contributed by atoms with Gasteiger partial charge >= 0.3 is 0 Å². The number of nitrogens with one attached hydrogen (secondary N) is 1. The Labute approximate surface area is 292 Å². The van der Waals surface area contributed by atoms with E-state index in [-0.39, 0.29) is 12.5 Å². The molecule has 282 valence electrons. The first kappa shape index (κ1) is 44.7. The quantitative estimate of drug-likeness (QED) is 0.0346.